The number of amides is 2. The van der Waals surface area contributed by atoms with Crippen molar-refractivity contribution in [2.24, 2.45) is 5.73 Å². The molecule has 3 N–H and O–H groups in total. The molecule has 0 spiro atoms. The summed E-state index contributed by atoms with van der Waals surface area (Å²) >= 11 is 0. The van der Waals surface area contributed by atoms with Crippen molar-refractivity contribution in [2.75, 3.05) is 25.5 Å². The Labute approximate surface area is 111 Å². The van der Waals surface area contributed by atoms with Crippen LogP contribution in [-0.4, -0.2) is 42.0 Å². The third-order valence-electron chi connectivity index (χ3n) is 2.06. The number of likely N-dealkylation sites (N-methyl/N-ethyl adjacent to an activating group) is 1. The molecular formula is C10H17ClN4O3. The van der Waals surface area contributed by atoms with Gasteiger partial charge in [0, 0.05) is 26.1 Å². The lowest BCUT2D eigenvalue weighted by Crippen LogP contribution is -2.35. The fourth-order valence-electron chi connectivity index (χ4n) is 1.23. The van der Waals surface area contributed by atoms with Crippen LogP contribution < -0.4 is 11.1 Å². The highest BCUT2D eigenvalue weighted by Gasteiger charge is 2.13. The molecule has 0 saturated heterocycles. The van der Waals surface area contributed by atoms with Crippen LogP contribution in [0.5, 0.6) is 0 Å². The van der Waals surface area contributed by atoms with Gasteiger partial charge in [-0.05, 0) is 6.92 Å². The quantitative estimate of drug-likeness (QED) is 0.797. The highest BCUT2D eigenvalue weighted by atomic mass is 35.5. The van der Waals surface area contributed by atoms with Gasteiger partial charge in [0.15, 0.2) is 5.82 Å². The van der Waals surface area contributed by atoms with Gasteiger partial charge in [-0.15, -0.1) is 12.4 Å². The first-order valence-electron chi connectivity index (χ1n) is 5.20. The zero-order valence-electron chi connectivity index (χ0n) is 10.3. The maximum Gasteiger partial charge on any atom is 0.245 e. The van der Waals surface area contributed by atoms with Crippen LogP contribution >= 0.6 is 12.4 Å². The number of aryl methyl sites for hydroxylation is 1. The molecular weight excluding hydrogens is 260 g/mol. The van der Waals surface area contributed by atoms with Gasteiger partial charge in [-0.25, -0.2) is 0 Å². The Balaban J connectivity index is 0.00000289. The van der Waals surface area contributed by atoms with Crippen LogP contribution in [0.15, 0.2) is 10.6 Å². The van der Waals surface area contributed by atoms with Crippen molar-refractivity contribution >= 4 is 30.0 Å². The molecule has 0 atom stereocenters. The molecule has 0 aliphatic carbocycles. The molecule has 8 heteroatoms. The highest BCUT2D eigenvalue weighted by molar-refractivity contribution is 5.93. The molecule has 0 aromatic carbocycles. The lowest BCUT2D eigenvalue weighted by molar-refractivity contribution is -0.133. The second-order valence-corrected chi connectivity index (χ2v) is 3.66. The molecule has 18 heavy (non-hydrogen) atoms. The Bertz CT molecular complexity index is 408. The standard InChI is InChI=1S/C10H16N4O3.ClH/c1-7-5-8(13-17-7)12-9(15)6-14(2)10(16)3-4-11;/h5H,3-4,6,11H2,1-2H3,(H,12,13,15);1H. The second kappa shape index (κ2) is 7.67. The average molecular weight is 277 g/mol. The first-order valence-corrected chi connectivity index (χ1v) is 5.20. The lowest BCUT2D eigenvalue weighted by Gasteiger charge is -2.15. The number of nitrogens with two attached hydrogens (primary N) is 1. The van der Waals surface area contributed by atoms with Crippen molar-refractivity contribution < 1.29 is 14.1 Å². The molecule has 0 aliphatic heterocycles. The topological polar surface area (TPSA) is 101 Å². The molecule has 1 aromatic heterocycles. The number of hydrogen-bond acceptors (Lipinski definition) is 5. The van der Waals surface area contributed by atoms with Crippen LogP contribution in [0.4, 0.5) is 5.82 Å². The predicted molar refractivity (Wildman–Crippen MR) is 68.4 cm³/mol. The number of carbonyl (C=O) groups is 2. The van der Waals surface area contributed by atoms with Crippen molar-refractivity contribution in [3.63, 3.8) is 0 Å². The van der Waals surface area contributed by atoms with Crippen molar-refractivity contribution in [3.8, 4) is 0 Å². The van der Waals surface area contributed by atoms with Crippen LogP contribution in [0.2, 0.25) is 0 Å². The van der Waals surface area contributed by atoms with E-state index >= 15 is 0 Å². The molecule has 0 unspecified atom stereocenters. The largest absolute Gasteiger partial charge is 0.360 e. The number of carbonyl (C=O) groups excluding carboxylic acids is 2. The van der Waals surface area contributed by atoms with Gasteiger partial charge in [-0.1, -0.05) is 5.16 Å². The summed E-state index contributed by atoms with van der Waals surface area (Å²) in [5.74, 6) is 0.449. The maximum absolute atomic E-state index is 11.5. The van der Waals surface area contributed by atoms with Crippen LogP contribution in [-0.2, 0) is 9.59 Å². The third kappa shape index (κ3) is 5.15. The first kappa shape index (κ1) is 16.4. The summed E-state index contributed by atoms with van der Waals surface area (Å²) in [5, 5.41) is 6.14. The molecule has 7 nitrogen and oxygen atoms in total. The first-order chi connectivity index (χ1) is 8.02. The van der Waals surface area contributed by atoms with Crippen molar-refractivity contribution in [1.82, 2.24) is 10.1 Å². The number of halogens is 1. The highest BCUT2D eigenvalue weighted by Crippen LogP contribution is 2.06. The van der Waals surface area contributed by atoms with Gasteiger partial charge in [0.25, 0.3) is 0 Å². The van der Waals surface area contributed by atoms with Gasteiger partial charge in [-0.2, -0.15) is 0 Å². The number of hydrogen-bond donors (Lipinski definition) is 2. The van der Waals surface area contributed by atoms with Gasteiger partial charge < -0.3 is 20.5 Å². The smallest absolute Gasteiger partial charge is 0.245 e. The molecule has 0 saturated carbocycles. The molecule has 0 aliphatic rings. The van der Waals surface area contributed by atoms with E-state index in [9.17, 15) is 9.59 Å². The van der Waals surface area contributed by atoms with Gasteiger partial charge in [0.1, 0.15) is 5.76 Å². The van der Waals surface area contributed by atoms with E-state index in [0.29, 0.717) is 11.6 Å². The summed E-state index contributed by atoms with van der Waals surface area (Å²) in [5.41, 5.74) is 5.25. The SMILES string of the molecule is Cc1cc(NC(=O)CN(C)C(=O)CCN)no1.Cl. The zero-order chi connectivity index (χ0) is 12.8. The van der Waals surface area contributed by atoms with Crippen molar-refractivity contribution in [1.29, 1.82) is 0 Å². The number of anilines is 1. The van der Waals surface area contributed by atoms with E-state index in [2.05, 4.69) is 10.5 Å². The van der Waals surface area contributed by atoms with E-state index in [1.807, 2.05) is 0 Å². The van der Waals surface area contributed by atoms with Gasteiger partial charge in [0.2, 0.25) is 11.8 Å². The molecule has 1 heterocycles. The van der Waals surface area contributed by atoms with E-state index < -0.39 is 0 Å². The molecule has 1 aromatic rings. The van der Waals surface area contributed by atoms with E-state index in [1.165, 1.54) is 4.90 Å². The Hall–Kier alpha value is -1.60. The summed E-state index contributed by atoms with van der Waals surface area (Å²) in [6.45, 7) is 1.96. The maximum atomic E-state index is 11.5. The average Bonchev–Trinajstić information content (AvgIpc) is 2.64. The van der Waals surface area contributed by atoms with E-state index in [-0.39, 0.29) is 43.7 Å². The number of nitrogens with zero attached hydrogens (tertiary/aromatic N) is 2. The van der Waals surface area contributed by atoms with Crippen LogP contribution in [0.3, 0.4) is 0 Å². The second-order valence-electron chi connectivity index (χ2n) is 3.66. The molecule has 0 bridgehead atoms. The Morgan fingerprint density at radius 3 is 2.72 bits per heavy atom. The fraction of sp³-hybridized carbons (Fsp3) is 0.500. The van der Waals surface area contributed by atoms with Crippen LogP contribution in [0.1, 0.15) is 12.2 Å². The minimum Gasteiger partial charge on any atom is -0.360 e. The number of aromatic nitrogens is 1. The molecule has 0 fully saturated rings. The summed E-state index contributed by atoms with van der Waals surface area (Å²) in [6, 6.07) is 1.60. The number of nitrogens with one attached hydrogen (secondary N) is 1. The summed E-state index contributed by atoms with van der Waals surface area (Å²) in [4.78, 5) is 24.2. The minimum atomic E-state index is -0.328. The fourth-order valence-corrected chi connectivity index (χ4v) is 1.23. The number of rotatable bonds is 5. The van der Waals surface area contributed by atoms with Crippen molar-refractivity contribution in [3.05, 3.63) is 11.8 Å². The van der Waals surface area contributed by atoms with E-state index in [4.69, 9.17) is 10.3 Å². The van der Waals surface area contributed by atoms with Crippen molar-refractivity contribution in [2.45, 2.75) is 13.3 Å². The monoisotopic (exact) mass is 276 g/mol. The Kier molecular flexibility index (Phi) is 6.99. The summed E-state index contributed by atoms with van der Waals surface area (Å²) < 4.78 is 4.79. The molecule has 1 rings (SSSR count). The van der Waals surface area contributed by atoms with E-state index in [1.54, 1.807) is 20.0 Å². The van der Waals surface area contributed by atoms with E-state index in [0.717, 1.165) is 0 Å². The zero-order valence-corrected chi connectivity index (χ0v) is 11.1. The van der Waals surface area contributed by atoms with Gasteiger partial charge in [-0.3, -0.25) is 9.59 Å². The molecule has 2 amide bonds. The van der Waals surface area contributed by atoms with Gasteiger partial charge in [0.05, 0.1) is 6.54 Å². The normalized spacial score (nSPS) is 9.50. The molecule has 0 radical (unpaired) electrons. The predicted octanol–water partition coefficient (Wildman–Crippen LogP) is 0.151. The third-order valence-corrected chi connectivity index (χ3v) is 2.06. The van der Waals surface area contributed by atoms with Crippen LogP contribution in [0, 0.1) is 6.92 Å². The van der Waals surface area contributed by atoms with Crippen LogP contribution in [0.25, 0.3) is 0 Å². The summed E-state index contributed by atoms with van der Waals surface area (Å²) in [7, 11) is 1.55. The minimum absolute atomic E-state index is 0. The summed E-state index contributed by atoms with van der Waals surface area (Å²) in [6.07, 6.45) is 0.229. The molecule has 102 valence electrons. The Morgan fingerprint density at radius 2 is 2.22 bits per heavy atom. The van der Waals surface area contributed by atoms with Gasteiger partial charge >= 0.3 is 0 Å². The lowest BCUT2D eigenvalue weighted by atomic mass is 10.3. The Morgan fingerprint density at radius 1 is 1.56 bits per heavy atom.